The van der Waals surface area contributed by atoms with Gasteiger partial charge in [0.15, 0.2) is 0 Å². The number of anilines is 2. The largest absolute Gasteiger partial charge is 0.329 e. The van der Waals surface area contributed by atoms with Gasteiger partial charge in [0.1, 0.15) is 0 Å². The zero-order chi connectivity index (χ0) is 17.7. The maximum Gasteiger partial charge on any atom is 0.319 e. The molecule has 0 spiro atoms. The minimum Gasteiger partial charge on any atom is -0.329 e. The summed E-state index contributed by atoms with van der Waals surface area (Å²) in [6.45, 7) is 1.63. The van der Waals surface area contributed by atoms with Gasteiger partial charge in [0.2, 0.25) is 5.91 Å². The third kappa shape index (κ3) is 5.30. The van der Waals surface area contributed by atoms with Gasteiger partial charge in [0.05, 0.1) is 17.3 Å². The molecule has 3 amide bonds. The molecule has 8 heteroatoms. The van der Waals surface area contributed by atoms with Gasteiger partial charge in [0, 0.05) is 15.7 Å². The van der Waals surface area contributed by atoms with Crippen molar-refractivity contribution in [2.24, 2.45) is 0 Å². The molecule has 0 atom stereocenters. The topological polar surface area (TPSA) is 70.2 Å². The van der Waals surface area contributed by atoms with Gasteiger partial charge in [-0.25, -0.2) is 4.79 Å². The first-order valence-corrected chi connectivity index (χ1v) is 8.04. The van der Waals surface area contributed by atoms with Gasteiger partial charge in [-0.05, 0) is 42.8 Å². The highest BCUT2D eigenvalue weighted by Crippen LogP contribution is 2.25. The van der Waals surface area contributed by atoms with Crippen LogP contribution in [0, 0.1) is 6.92 Å². The second kappa shape index (κ2) is 8.24. The van der Waals surface area contributed by atoms with Crippen LogP contribution in [0.2, 0.25) is 15.1 Å². The van der Waals surface area contributed by atoms with E-state index in [4.69, 9.17) is 34.8 Å². The molecular formula is C16H14Cl3N3O2. The molecule has 126 valence electrons. The average molecular weight is 387 g/mol. The molecule has 24 heavy (non-hydrogen) atoms. The van der Waals surface area contributed by atoms with Gasteiger partial charge >= 0.3 is 6.03 Å². The van der Waals surface area contributed by atoms with Gasteiger partial charge in [-0.3, -0.25) is 4.79 Å². The molecule has 2 aromatic carbocycles. The fourth-order valence-corrected chi connectivity index (χ4v) is 2.31. The van der Waals surface area contributed by atoms with Crippen molar-refractivity contribution in [3.8, 4) is 0 Å². The van der Waals surface area contributed by atoms with Crippen molar-refractivity contribution in [1.29, 1.82) is 0 Å². The zero-order valence-electron chi connectivity index (χ0n) is 12.6. The first-order valence-electron chi connectivity index (χ1n) is 6.91. The Labute approximate surface area is 154 Å². The molecule has 2 aromatic rings. The predicted octanol–water partition coefficient (Wildman–Crippen LogP) is 4.72. The van der Waals surface area contributed by atoms with Crippen LogP contribution in [0.25, 0.3) is 0 Å². The Morgan fingerprint density at radius 1 is 0.958 bits per heavy atom. The SMILES string of the molecule is Cc1ccc(NC(=O)NCC(=O)Nc2cc(Cl)ccc2Cl)cc1Cl. The molecule has 2 rings (SSSR count). The molecule has 0 fully saturated rings. The number of halogens is 3. The molecule has 0 unspecified atom stereocenters. The lowest BCUT2D eigenvalue weighted by Gasteiger charge is -2.10. The lowest BCUT2D eigenvalue weighted by Crippen LogP contribution is -2.35. The predicted molar refractivity (Wildman–Crippen MR) is 98.3 cm³/mol. The molecule has 0 aliphatic heterocycles. The second-order valence-electron chi connectivity index (χ2n) is 4.94. The summed E-state index contributed by atoms with van der Waals surface area (Å²) in [6, 6.07) is 9.30. The second-order valence-corrected chi connectivity index (χ2v) is 6.19. The Hall–Kier alpha value is -1.95. The maximum atomic E-state index is 11.9. The maximum absolute atomic E-state index is 11.9. The van der Waals surface area contributed by atoms with E-state index in [-0.39, 0.29) is 6.54 Å². The summed E-state index contributed by atoms with van der Waals surface area (Å²) in [4.78, 5) is 23.6. The van der Waals surface area contributed by atoms with E-state index in [1.165, 1.54) is 6.07 Å². The van der Waals surface area contributed by atoms with E-state index in [1.54, 1.807) is 30.3 Å². The van der Waals surface area contributed by atoms with E-state index in [1.807, 2.05) is 6.92 Å². The Bertz CT molecular complexity index is 781. The number of benzene rings is 2. The van der Waals surface area contributed by atoms with E-state index in [2.05, 4.69) is 16.0 Å². The number of carbonyl (C=O) groups excluding carboxylic acids is 2. The third-order valence-electron chi connectivity index (χ3n) is 3.04. The Kier molecular flexibility index (Phi) is 6.31. The molecule has 0 saturated heterocycles. The van der Waals surface area contributed by atoms with Gasteiger partial charge in [0.25, 0.3) is 0 Å². The minimum absolute atomic E-state index is 0.228. The molecule has 0 aromatic heterocycles. The van der Waals surface area contributed by atoms with Crippen LogP contribution in [-0.2, 0) is 4.79 Å². The molecule has 0 bridgehead atoms. The van der Waals surface area contributed by atoms with Gasteiger partial charge in [-0.2, -0.15) is 0 Å². The van der Waals surface area contributed by atoms with Crippen LogP contribution in [0.5, 0.6) is 0 Å². The zero-order valence-corrected chi connectivity index (χ0v) is 14.9. The lowest BCUT2D eigenvalue weighted by atomic mass is 10.2. The quantitative estimate of drug-likeness (QED) is 0.712. The molecule has 0 aliphatic rings. The van der Waals surface area contributed by atoms with E-state index in [0.29, 0.717) is 26.4 Å². The highest BCUT2D eigenvalue weighted by molar-refractivity contribution is 6.35. The van der Waals surface area contributed by atoms with Crippen LogP contribution in [0.3, 0.4) is 0 Å². The molecule has 3 N–H and O–H groups in total. The highest BCUT2D eigenvalue weighted by atomic mass is 35.5. The first-order chi connectivity index (χ1) is 11.3. The number of hydrogen-bond donors (Lipinski definition) is 3. The smallest absolute Gasteiger partial charge is 0.319 e. The number of urea groups is 1. The summed E-state index contributed by atoms with van der Waals surface area (Å²) >= 11 is 17.8. The molecule has 0 heterocycles. The number of nitrogens with one attached hydrogen (secondary N) is 3. The van der Waals surface area contributed by atoms with Crippen molar-refractivity contribution in [2.75, 3.05) is 17.2 Å². The molecule has 0 aliphatic carbocycles. The van der Waals surface area contributed by atoms with Crippen molar-refractivity contribution < 1.29 is 9.59 Å². The van der Waals surface area contributed by atoms with E-state index in [0.717, 1.165) is 5.56 Å². The molecule has 0 saturated carbocycles. The highest BCUT2D eigenvalue weighted by Gasteiger charge is 2.09. The summed E-state index contributed by atoms with van der Waals surface area (Å²) in [5.74, 6) is -0.434. The van der Waals surface area contributed by atoms with Crippen LogP contribution < -0.4 is 16.0 Å². The monoisotopic (exact) mass is 385 g/mol. The number of amides is 3. The van der Waals surface area contributed by atoms with Crippen LogP contribution in [0.15, 0.2) is 36.4 Å². The Morgan fingerprint density at radius 2 is 1.71 bits per heavy atom. The summed E-state index contributed by atoms with van der Waals surface area (Å²) in [5, 5.41) is 8.93. The number of rotatable bonds is 4. The Balaban J connectivity index is 1.85. The van der Waals surface area contributed by atoms with E-state index < -0.39 is 11.9 Å². The fraction of sp³-hybridized carbons (Fsp3) is 0.125. The molecular weight excluding hydrogens is 373 g/mol. The summed E-state index contributed by atoms with van der Waals surface area (Å²) in [7, 11) is 0. The first kappa shape index (κ1) is 18.4. The third-order valence-corrected chi connectivity index (χ3v) is 4.01. The normalized spacial score (nSPS) is 10.2. The summed E-state index contributed by atoms with van der Waals surface area (Å²) in [5.41, 5.74) is 1.81. The number of carbonyl (C=O) groups is 2. The summed E-state index contributed by atoms with van der Waals surface area (Å²) in [6.07, 6.45) is 0. The lowest BCUT2D eigenvalue weighted by molar-refractivity contribution is -0.115. The molecule has 5 nitrogen and oxygen atoms in total. The van der Waals surface area contributed by atoms with Crippen molar-refractivity contribution >= 4 is 58.1 Å². The van der Waals surface area contributed by atoms with Crippen LogP contribution >= 0.6 is 34.8 Å². The standard InChI is InChI=1S/C16H14Cl3N3O2/c1-9-2-4-11(7-13(9)19)21-16(24)20-8-15(23)22-14-6-10(17)3-5-12(14)18/h2-7H,8H2,1H3,(H,22,23)(H2,20,21,24). The van der Waals surface area contributed by atoms with E-state index in [9.17, 15) is 9.59 Å². The number of aryl methyl sites for hydroxylation is 1. The van der Waals surface area contributed by atoms with Crippen molar-refractivity contribution in [3.63, 3.8) is 0 Å². The van der Waals surface area contributed by atoms with Crippen molar-refractivity contribution in [2.45, 2.75) is 6.92 Å². The number of hydrogen-bond acceptors (Lipinski definition) is 2. The average Bonchev–Trinajstić information content (AvgIpc) is 2.52. The Morgan fingerprint density at radius 3 is 2.42 bits per heavy atom. The summed E-state index contributed by atoms with van der Waals surface area (Å²) < 4.78 is 0. The van der Waals surface area contributed by atoms with Crippen LogP contribution in [-0.4, -0.2) is 18.5 Å². The van der Waals surface area contributed by atoms with Crippen LogP contribution in [0.1, 0.15) is 5.56 Å². The van der Waals surface area contributed by atoms with E-state index >= 15 is 0 Å². The van der Waals surface area contributed by atoms with Crippen molar-refractivity contribution in [3.05, 3.63) is 57.0 Å². The van der Waals surface area contributed by atoms with Crippen molar-refractivity contribution in [1.82, 2.24) is 5.32 Å². The molecule has 0 radical (unpaired) electrons. The fourth-order valence-electron chi connectivity index (χ4n) is 1.79. The van der Waals surface area contributed by atoms with Gasteiger partial charge in [-0.1, -0.05) is 40.9 Å². The van der Waals surface area contributed by atoms with Crippen LogP contribution in [0.4, 0.5) is 16.2 Å². The van der Waals surface area contributed by atoms with Gasteiger partial charge < -0.3 is 16.0 Å². The van der Waals surface area contributed by atoms with Gasteiger partial charge in [-0.15, -0.1) is 0 Å². The minimum atomic E-state index is -0.526.